The fraction of sp³-hybridized carbons (Fsp3) is 0.0833. The first-order valence-corrected chi connectivity index (χ1v) is 9.96. The minimum Gasteiger partial charge on any atom is -0.497 e. The average molecular weight is 455 g/mol. The first kappa shape index (κ1) is 21.5. The van der Waals surface area contributed by atoms with Crippen LogP contribution in [0.3, 0.4) is 0 Å². The Kier molecular flexibility index (Phi) is 5.92. The molecule has 32 heavy (non-hydrogen) atoms. The van der Waals surface area contributed by atoms with Crippen molar-refractivity contribution in [3.63, 3.8) is 0 Å². The maximum atomic E-state index is 13.4. The molecule has 0 aliphatic rings. The van der Waals surface area contributed by atoms with Crippen molar-refractivity contribution in [3.8, 4) is 5.75 Å². The standard InChI is InChI=1S/C24H17ClF2N2O3/c1-32-18-9-10-20-19(12-18)21(22(30)24(31)28-17-4-2-3-16(27)11-17)23(25)29(20)13-14-5-7-15(26)8-6-14/h2-12H,13H2,1H3,(H,28,31). The molecule has 1 amide bonds. The van der Waals surface area contributed by atoms with E-state index in [0.29, 0.717) is 16.7 Å². The van der Waals surface area contributed by atoms with Crippen LogP contribution in [0.4, 0.5) is 14.5 Å². The molecule has 162 valence electrons. The normalized spacial score (nSPS) is 10.9. The summed E-state index contributed by atoms with van der Waals surface area (Å²) in [6.45, 7) is 0.251. The number of nitrogens with zero attached hydrogens (tertiary/aromatic N) is 1. The number of anilines is 1. The van der Waals surface area contributed by atoms with Crippen molar-refractivity contribution < 1.29 is 23.1 Å². The van der Waals surface area contributed by atoms with Crippen LogP contribution in [0.15, 0.2) is 66.7 Å². The zero-order valence-corrected chi connectivity index (χ0v) is 17.6. The van der Waals surface area contributed by atoms with Gasteiger partial charge in [-0.25, -0.2) is 8.78 Å². The van der Waals surface area contributed by atoms with Crippen LogP contribution in [0.1, 0.15) is 15.9 Å². The second-order valence-corrected chi connectivity index (χ2v) is 7.41. The number of hydrogen-bond donors (Lipinski definition) is 1. The second kappa shape index (κ2) is 8.80. The number of rotatable bonds is 6. The van der Waals surface area contributed by atoms with Crippen LogP contribution >= 0.6 is 11.6 Å². The smallest absolute Gasteiger partial charge is 0.296 e. The van der Waals surface area contributed by atoms with Crippen molar-refractivity contribution in [3.05, 3.63) is 94.6 Å². The van der Waals surface area contributed by atoms with Gasteiger partial charge in [0.1, 0.15) is 22.5 Å². The van der Waals surface area contributed by atoms with Crippen molar-refractivity contribution in [1.82, 2.24) is 4.57 Å². The van der Waals surface area contributed by atoms with Gasteiger partial charge in [0, 0.05) is 17.6 Å². The van der Waals surface area contributed by atoms with Gasteiger partial charge in [0.05, 0.1) is 18.2 Å². The Morgan fingerprint density at radius 3 is 2.44 bits per heavy atom. The zero-order valence-electron chi connectivity index (χ0n) is 16.9. The second-order valence-electron chi connectivity index (χ2n) is 7.06. The third-order valence-electron chi connectivity index (χ3n) is 4.98. The molecule has 1 aromatic heterocycles. The van der Waals surface area contributed by atoms with E-state index in [1.165, 1.54) is 37.4 Å². The number of ketones is 1. The lowest BCUT2D eigenvalue weighted by molar-refractivity contribution is -0.112. The van der Waals surface area contributed by atoms with Gasteiger partial charge in [0.25, 0.3) is 11.7 Å². The molecule has 0 radical (unpaired) electrons. The van der Waals surface area contributed by atoms with E-state index in [0.717, 1.165) is 11.6 Å². The number of fused-ring (bicyclic) bond motifs is 1. The van der Waals surface area contributed by atoms with E-state index in [9.17, 15) is 18.4 Å². The molecular weight excluding hydrogens is 438 g/mol. The number of nitrogens with one attached hydrogen (secondary N) is 1. The molecule has 0 aliphatic heterocycles. The van der Waals surface area contributed by atoms with E-state index >= 15 is 0 Å². The van der Waals surface area contributed by atoms with Gasteiger partial charge in [0.2, 0.25) is 0 Å². The van der Waals surface area contributed by atoms with Crippen LogP contribution < -0.4 is 10.1 Å². The largest absolute Gasteiger partial charge is 0.497 e. The molecule has 4 aromatic rings. The molecule has 0 saturated carbocycles. The van der Waals surface area contributed by atoms with Crippen molar-refractivity contribution >= 4 is 39.9 Å². The molecule has 3 aromatic carbocycles. The molecule has 0 bridgehead atoms. The van der Waals surface area contributed by atoms with E-state index in [1.54, 1.807) is 34.9 Å². The Hall–Kier alpha value is -3.71. The van der Waals surface area contributed by atoms with E-state index in [2.05, 4.69) is 5.32 Å². The summed E-state index contributed by atoms with van der Waals surface area (Å²) in [5.41, 5.74) is 1.50. The van der Waals surface area contributed by atoms with Gasteiger partial charge in [-0.1, -0.05) is 29.8 Å². The highest BCUT2D eigenvalue weighted by Gasteiger charge is 2.27. The Morgan fingerprint density at radius 1 is 1.00 bits per heavy atom. The SMILES string of the molecule is COc1ccc2c(c1)c(C(=O)C(=O)Nc1cccc(F)c1)c(Cl)n2Cc1ccc(F)cc1. The number of hydrogen-bond acceptors (Lipinski definition) is 3. The molecule has 0 spiro atoms. The number of carbonyl (C=O) groups is 2. The molecule has 0 fully saturated rings. The maximum absolute atomic E-state index is 13.4. The van der Waals surface area contributed by atoms with Crippen molar-refractivity contribution in [1.29, 1.82) is 0 Å². The Morgan fingerprint density at radius 2 is 1.75 bits per heavy atom. The summed E-state index contributed by atoms with van der Waals surface area (Å²) >= 11 is 6.58. The summed E-state index contributed by atoms with van der Waals surface area (Å²) in [6.07, 6.45) is 0. The van der Waals surface area contributed by atoms with Crippen molar-refractivity contribution in [2.75, 3.05) is 12.4 Å². The van der Waals surface area contributed by atoms with Crippen LogP contribution in [-0.2, 0) is 11.3 Å². The number of amides is 1. The zero-order chi connectivity index (χ0) is 22.8. The molecule has 0 unspecified atom stereocenters. The van der Waals surface area contributed by atoms with Crippen LogP contribution in [0, 0.1) is 11.6 Å². The number of methoxy groups -OCH3 is 1. The summed E-state index contributed by atoms with van der Waals surface area (Å²) in [5, 5.41) is 2.88. The quantitative estimate of drug-likeness (QED) is 0.311. The van der Waals surface area contributed by atoms with Gasteiger partial charge < -0.3 is 14.6 Å². The number of ether oxygens (including phenoxy) is 1. The van der Waals surface area contributed by atoms with Gasteiger partial charge in [-0.05, 0) is 54.1 Å². The summed E-state index contributed by atoms with van der Waals surface area (Å²) < 4.78 is 33.6. The third-order valence-corrected chi connectivity index (χ3v) is 5.37. The van der Waals surface area contributed by atoms with Crippen LogP contribution in [-0.4, -0.2) is 23.4 Å². The molecule has 0 atom stereocenters. The molecule has 8 heteroatoms. The lowest BCUT2D eigenvalue weighted by Crippen LogP contribution is -2.23. The van der Waals surface area contributed by atoms with Crippen LogP contribution in [0.5, 0.6) is 5.75 Å². The first-order valence-electron chi connectivity index (χ1n) is 9.59. The average Bonchev–Trinajstić information content (AvgIpc) is 3.05. The predicted octanol–water partition coefficient (Wildman–Crippen LogP) is 5.45. The molecule has 0 aliphatic carbocycles. The number of Topliss-reactive ketones (excluding diaryl/α,β-unsaturated/α-hetero) is 1. The molecule has 1 heterocycles. The number of aromatic nitrogens is 1. The number of benzene rings is 3. The Bertz CT molecular complexity index is 1330. The lowest BCUT2D eigenvalue weighted by atomic mass is 10.1. The highest BCUT2D eigenvalue weighted by atomic mass is 35.5. The van der Waals surface area contributed by atoms with Gasteiger partial charge >= 0.3 is 0 Å². The minimum atomic E-state index is -0.957. The molecule has 5 nitrogen and oxygen atoms in total. The molecule has 0 saturated heterocycles. The summed E-state index contributed by atoms with van der Waals surface area (Å²) in [4.78, 5) is 25.7. The minimum absolute atomic E-state index is 0.00317. The van der Waals surface area contributed by atoms with Crippen LogP contribution in [0.2, 0.25) is 5.15 Å². The first-order chi connectivity index (χ1) is 15.4. The van der Waals surface area contributed by atoms with Crippen molar-refractivity contribution in [2.24, 2.45) is 0 Å². The predicted molar refractivity (Wildman–Crippen MR) is 118 cm³/mol. The number of carbonyl (C=O) groups excluding carboxylic acids is 2. The van der Waals surface area contributed by atoms with E-state index < -0.39 is 17.5 Å². The van der Waals surface area contributed by atoms with Crippen LogP contribution in [0.25, 0.3) is 10.9 Å². The molecule has 4 rings (SSSR count). The maximum Gasteiger partial charge on any atom is 0.296 e. The Balaban J connectivity index is 1.77. The lowest BCUT2D eigenvalue weighted by Gasteiger charge is -2.08. The van der Waals surface area contributed by atoms with E-state index in [-0.39, 0.29) is 28.8 Å². The summed E-state index contributed by atoms with van der Waals surface area (Å²) in [5.74, 6) is -2.27. The Labute approximate surface area is 187 Å². The highest BCUT2D eigenvalue weighted by Crippen LogP contribution is 2.34. The van der Waals surface area contributed by atoms with Gasteiger partial charge in [0.15, 0.2) is 0 Å². The van der Waals surface area contributed by atoms with E-state index in [4.69, 9.17) is 16.3 Å². The molecule has 1 N–H and O–H groups in total. The number of halogens is 3. The molecular formula is C24H17ClF2N2O3. The van der Waals surface area contributed by atoms with Gasteiger partial charge in [-0.15, -0.1) is 0 Å². The van der Waals surface area contributed by atoms with Crippen molar-refractivity contribution in [2.45, 2.75) is 6.54 Å². The van der Waals surface area contributed by atoms with Gasteiger partial charge in [-0.3, -0.25) is 9.59 Å². The third kappa shape index (κ3) is 4.20. The fourth-order valence-electron chi connectivity index (χ4n) is 3.44. The van der Waals surface area contributed by atoms with Gasteiger partial charge in [-0.2, -0.15) is 0 Å². The van der Waals surface area contributed by atoms with E-state index in [1.807, 2.05) is 0 Å². The summed E-state index contributed by atoms with van der Waals surface area (Å²) in [6, 6.07) is 16.2. The monoisotopic (exact) mass is 454 g/mol. The topological polar surface area (TPSA) is 60.3 Å². The highest BCUT2D eigenvalue weighted by molar-refractivity contribution is 6.51. The summed E-state index contributed by atoms with van der Waals surface area (Å²) in [7, 11) is 1.48. The fourth-order valence-corrected chi connectivity index (χ4v) is 3.78.